The molecule has 0 fully saturated rings. The first-order chi connectivity index (χ1) is 7.77. The molecule has 0 aliphatic rings. The average Bonchev–Trinajstić information content (AvgIpc) is 2.91. The van der Waals surface area contributed by atoms with E-state index in [0.717, 1.165) is 11.0 Å². The van der Waals surface area contributed by atoms with Crippen LogP contribution in [0.2, 0.25) is 0 Å². The maximum Gasteiger partial charge on any atom is 0.128 e. The predicted octanol–water partition coefficient (Wildman–Crippen LogP) is 2.56. The summed E-state index contributed by atoms with van der Waals surface area (Å²) in [5.41, 5.74) is 2.03. The Kier molecular flexibility index (Phi) is 3.81. The molecule has 0 radical (unpaired) electrons. The van der Waals surface area contributed by atoms with E-state index in [1.807, 2.05) is 24.3 Å². The van der Waals surface area contributed by atoms with Gasteiger partial charge in [0.1, 0.15) is 11.4 Å². The van der Waals surface area contributed by atoms with E-state index in [1.165, 1.54) is 11.5 Å². The van der Waals surface area contributed by atoms with Gasteiger partial charge < -0.3 is 0 Å². The Morgan fingerprint density at radius 1 is 1.25 bits per heavy atom. The van der Waals surface area contributed by atoms with Crippen molar-refractivity contribution in [3.63, 3.8) is 0 Å². The lowest BCUT2D eigenvalue weighted by atomic mass is 10.3. The molecule has 2 heterocycles. The van der Waals surface area contributed by atoms with Gasteiger partial charge in [-0.05, 0) is 23.7 Å². The van der Waals surface area contributed by atoms with Crippen molar-refractivity contribution in [2.24, 2.45) is 0 Å². The van der Waals surface area contributed by atoms with Crippen LogP contribution >= 0.6 is 37.0 Å². The van der Waals surface area contributed by atoms with Gasteiger partial charge in [0, 0.05) is 5.38 Å². The number of fused-ring (bicyclic) bond motifs is 1. The molecule has 16 heavy (non-hydrogen) atoms. The molecule has 0 aliphatic carbocycles. The van der Waals surface area contributed by atoms with E-state index in [9.17, 15) is 0 Å². The second-order valence-corrected chi connectivity index (χ2v) is 4.34. The fourth-order valence-corrected chi connectivity index (χ4v) is 1.90. The maximum absolute atomic E-state index is 4.16. The summed E-state index contributed by atoms with van der Waals surface area (Å²) < 4.78 is 5.24. The van der Waals surface area contributed by atoms with Crippen molar-refractivity contribution < 1.29 is 0 Å². The van der Waals surface area contributed by atoms with Crippen LogP contribution in [0.15, 0.2) is 41.0 Å². The number of hydrogen-bond donors (Lipinski definition) is 2. The van der Waals surface area contributed by atoms with Gasteiger partial charge in [0.05, 0.1) is 11.0 Å². The molecular formula is C9H8N4S3. The van der Waals surface area contributed by atoms with Crippen molar-refractivity contribution in [2.75, 3.05) is 0 Å². The van der Waals surface area contributed by atoms with Crippen molar-refractivity contribution in [1.82, 2.24) is 18.5 Å². The van der Waals surface area contributed by atoms with Crippen molar-refractivity contribution in [2.45, 2.75) is 5.03 Å². The first kappa shape index (κ1) is 11.4. The summed E-state index contributed by atoms with van der Waals surface area (Å²) in [4.78, 5) is 4.10. The molecule has 0 atom stereocenters. The van der Waals surface area contributed by atoms with Gasteiger partial charge in [0.15, 0.2) is 0 Å². The predicted molar refractivity (Wildman–Crippen MR) is 71.3 cm³/mol. The number of nitrogens with zero attached hydrogens (tertiary/aromatic N) is 4. The molecule has 0 amide bonds. The molecule has 0 N–H and O–H groups in total. The molecular weight excluding hydrogens is 260 g/mol. The fourth-order valence-electron chi connectivity index (χ4n) is 1.11. The number of aromatic nitrogens is 4. The van der Waals surface area contributed by atoms with Crippen molar-refractivity contribution in [3.05, 3.63) is 36.0 Å². The van der Waals surface area contributed by atoms with E-state index in [4.69, 9.17) is 0 Å². The summed E-state index contributed by atoms with van der Waals surface area (Å²) in [6, 6.07) is 7.87. The van der Waals surface area contributed by atoms with Crippen LogP contribution in [-0.2, 0) is 0 Å². The minimum Gasteiger partial charge on any atom is -0.275 e. The third-order valence-electron chi connectivity index (χ3n) is 1.78. The quantitative estimate of drug-likeness (QED) is 0.616. The zero-order valence-corrected chi connectivity index (χ0v) is 10.7. The molecule has 82 valence electrons. The van der Waals surface area contributed by atoms with Crippen LogP contribution in [-0.4, -0.2) is 18.5 Å². The Morgan fingerprint density at radius 3 is 2.62 bits per heavy atom. The minimum absolute atomic E-state index is 0.694. The lowest BCUT2D eigenvalue weighted by Gasteiger charge is -1.88. The molecule has 0 aliphatic heterocycles. The van der Waals surface area contributed by atoms with Crippen LogP contribution in [0.3, 0.4) is 0 Å². The van der Waals surface area contributed by atoms with Gasteiger partial charge in [-0.25, -0.2) is 4.98 Å². The molecule has 0 spiro atoms. The maximum atomic E-state index is 4.16. The molecule has 0 bridgehead atoms. The topological polar surface area (TPSA) is 43.6 Å². The highest BCUT2D eigenvalue weighted by Gasteiger charge is 1.94. The van der Waals surface area contributed by atoms with Gasteiger partial charge in [-0.3, -0.25) is 3.97 Å². The Labute approximate surface area is 107 Å². The summed E-state index contributed by atoms with van der Waals surface area (Å²) in [6.07, 6.45) is 1.69. The van der Waals surface area contributed by atoms with E-state index >= 15 is 0 Å². The van der Waals surface area contributed by atoms with Crippen molar-refractivity contribution >= 4 is 48.0 Å². The molecule has 0 saturated heterocycles. The monoisotopic (exact) mass is 268 g/mol. The van der Waals surface area contributed by atoms with Gasteiger partial charge in [0.25, 0.3) is 0 Å². The number of hydrogen-bond acceptors (Lipinski definition) is 6. The van der Waals surface area contributed by atoms with Crippen LogP contribution in [0.1, 0.15) is 0 Å². The number of benzene rings is 1. The smallest absolute Gasteiger partial charge is 0.128 e. The van der Waals surface area contributed by atoms with E-state index in [-0.39, 0.29) is 0 Å². The Bertz CT molecular complexity index is 561. The minimum atomic E-state index is 0.694. The van der Waals surface area contributed by atoms with Crippen molar-refractivity contribution in [3.8, 4) is 0 Å². The Balaban J connectivity index is 0.000000138. The lowest BCUT2D eigenvalue weighted by molar-refractivity contribution is 1.04. The van der Waals surface area contributed by atoms with Crippen LogP contribution in [0.25, 0.3) is 11.0 Å². The van der Waals surface area contributed by atoms with Crippen LogP contribution in [0, 0.1) is 0 Å². The highest BCUT2D eigenvalue weighted by Crippen LogP contribution is 2.11. The highest BCUT2D eigenvalue weighted by atomic mass is 32.1. The van der Waals surface area contributed by atoms with Gasteiger partial charge >= 0.3 is 0 Å². The van der Waals surface area contributed by atoms with Gasteiger partial charge in [-0.2, -0.15) is 0 Å². The number of rotatable bonds is 0. The third-order valence-corrected chi connectivity index (χ3v) is 3.00. The largest absolute Gasteiger partial charge is 0.275 e. The van der Waals surface area contributed by atoms with Crippen LogP contribution < -0.4 is 0 Å². The normalized spacial score (nSPS) is 9.88. The summed E-state index contributed by atoms with van der Waals surface area (Å²) >= 11 is 9.33. The highest BCUT2D eigenvalue weighted by molar-refractivity contribution is 7.80. The Hall–Kier alpha value is -1.05. The number of imidazole rings is 1. The zero-order valence-electron chi connectivity index (χ0n) is 8.06. The summed E-state index contributed by atoms with van der Waals surface area (Å²) in [7, 11) is 0. The molecule has 4 nitrogen and oxygen atoms in total. The van der Waals surface area contributed by atoms with Gasteiger partial charge in [0.2, 0.25) is 0 Å². The SMILES string of the molecule is Sc1csnn1.Sn1cnc2ccccc21. The van der Waals surface area contributed by atoms with Crippen LogP contribution in [0.4, 0.5) is 0 Å². The third kappa shape index (κ3) is 2.75. The summed E-state index contributed by atoms with van der Waals surface area (Å²) in [6.45, 7) is 0. The van der Waals surface area contributed by atoms with E-state index < -0.39 is 0 Å². The zero-order chi connectivity index (χ0) is 11.4. The standard InChI is InChI=1S/C7H6N2S.C2H2N2S2/c10-9-5-8-6-3-1-2-4-7(6)9;5-2-1-6-4-3-2/h1-5,10H;1,5H. The number of para-hydroxylation sites is 2. The second kappa shape index (κ2) is 5.33. The molecule has 3 rings (SSSR count). The Morgan fingerprint density at radius 2 is 2.06 bits per heavy atom. The first-order valence-electron chi connectivity index (χ1n) is 4.35. The molecule has 7 heteroatoms. The van der Waals surface area contributed by atoms with E-state index in [1.54, 1.807) is 15.7 Å². The lowest BCUT2D eigenvalue weighted by Crippen LogP contribution is -1.73. The molecule has 2 aromatic heterocycles. The first-order valence-corrected chi connectivity index (χ1v) is 6.03. The van der Waals surface area contributed by atoms with Crippen LogP contribution in [0.5, 0.6) is 0 Å². The van der Waals surface area contributed by atoms with Gasteiger partial charge in [-0.15, -0.1) is 17.7 Å². The fraction of sp³-hybridized carbons (Fsp3) is 0. The van der Waals surface area contributed by atoms with Gasteiger partial charge in [-0.1, -0.05) is 29.4 Å². The molecule has 1 aromatic carbocycles. The second-order valence-electron chi connectivity index (χ2n) is 2.84. The van der Waals surface area contributed by atoms with Crippen molar-refractivity contribution in [1.29, 1.82) is 0 Å². The summed E-state index contributed by atoms with van der Waals surface area (Å²) in [5.74, 6) is 0. The van der Waals surface area contributed by atoms with E-state index in [0.29, 0.717) is 5.03 Å². The summed E-state index contributed by atoms with van der Waals surface area (Å²) in [5, 5.41) is 6.01. The van der Waals surface area contributed by atoms with E-state index in [2.05, 4.69) is 40.0 Å². The molecule has 0 saturated carbocycles. The number of thiol groups is 2. The molecule has 3 aromatic rings. The molecule has 0 unspecified atom stereocenters. The average molecular weight is 268 g/mol.